The second-order valence-corrected chi connectivity index (χ2v) is 8.68. The first-order valence-electron chi connectivity index (χ1n) is 10.2. The van der Waals surface area contributed by atoms with Crippen molar-refractivity contribution in [3.8, 4) is 22.6 Å². The molecule has 0 saturated carbocycles. The molecule has 10 nitrogen and oxygen atoms in total. The lowest BCUT2D eigenvalue weighted by Gasteiger charge is -2.25. The molecule has 176 valence electrons. The SMILES string of the molecule is COCCC(C(=O)OC(C)(C)C)n1cc(OC)c(-c2cc(Cl)ccc2-n2cnnn2)cc1=O. The number of rotatable bonds is 8. The molecule has 1 aromatic carbocycles. The molecular weight excluding hydrogens is 450 g/mol. The Morgan fingerprint density at radius 1 is 1.18 bits per heavy atom. The zero-order valence-corrected chi connectivity index (χ0v) is 19.9. The van der Waals surface area contributed by atoms with Crippen LogP contribution in [0.5, 0.6) is 5.75 Å². The number of ether oxygens (including phenoxy) is 3. The number of aromatic nitrogens is 5. The molecule has 11 heteroatoms. The molecule has 0 fully saturated rings. The van der Waals surface area contributed by atoms with Crippen LogP contribution < -0.4 is 10.3 Å². The van der Waals surface area contributed by atoms with Crippen molar-refractivity contribution in [3.05, 3.63) is 52.2 Å². The first-order valence-corrected chi connectivity index (χ1v) is 10.6. The Balaban J connectivity index is 2.14. The molecule has 1 atom stereocenters. The Kier molecular flexibility index (Phi) is 7.50. The molecule has 0 bridgehead atoms. The summed E-state index contributed by atoms with van der Waals surface area (Å²) in [5.41, 5.74) is 0.531. The molecule has 2 aromatic heterocycles. The third-order valence-electron chi connectivity index (χ3n) is 4.72. The maximum absolute atomic E-state index is 13.2. The Hall–Kier alpha value is -3.24. The van der Waals surface area contributed by atoms with E-state index in [0.717, 1.165) is 0 Å². The third kappa shape index (κ3) is 5.77. The van der Waals surface area contributed by atoms with Crippen LogP contribution in [0.2, 0.25) is 5.02 Å². The maximum Gasteiger partial charge on any atom is 0.329 e. The van der Waals surface area contributed by atoms with E-state index < -0.39 is 23.2 Å². The number of hydrogen-bond acceptors (Lipinski definition) is 8. The number of halogens is 1. The fraction of sp³-hybridized carbons (Fsp3) is 0.409. The summed E-state index contributed by atoms with van der Waals surface area (Å²) in [4.78, 5) is 26.1. The van der Waals surface area contributed by atoms with E-state index >= 15 is 0 Å². The van der Waals surface area contributed by atoms with Gasteiger partial charge in [-0.15, -0.1) is 5.10 Å². The standard InChI is InChI=1S/C22H26ClN5O5/c1-22(2,3)33-21(30)18(8-9-31-4)27-12-19(32-5)16(11-20(27)29)15-10-14(23)6-7-17(15)28-13-24-25-26-28/h6-7,10-13,18H,8-9H2,1-5H3. The topological polar surface area (TPSA) is 110 Å². The number of pyridine rings is 1. The van der Waals surface area contributed by atoms with Gasteiger partial charge in [0.05, 0.1) is 19.0 Å². The first-order chi connectivity index (χ1) is 15.6. The molecule has 0 aliphatic carbocycles. The van der Waals surface area contributed by atoms with Crippen molar-refractivity contribution in [2.45, 2.75) is 38.8 Å². The average Bonchev–Trinajstić information content (AvgIpc) is 3.28. The normalized spacial score (nSPS) is 12.4. The van der Waals surface area contributed by atoms with Crippen LogP contribution in [-0.4, -0.2) is 57.2 Å². The van der Waals surface area contributed by atoms with Gasteiger partial charge in [0, 0.05) is 42.4 Å². The molecule has 3 rings (SSSR count). The van der Waals surface area contributed by atoms with Gasteiger partial charge in [-0.1, -0.05) is 11.6 Å². The van der Waals surface area contributed by atoms with E-state index in [1.807, 2.05) is 0 Å². The smallest absolute Gasteiger partial charge is 0.329 e. The summed E-state index contributed by atoms with van der Waals surface area (Å²) in [5.74, 6) is -0.175. The largest absolute Gasteiger partial charge is 0.495 e. The van der Waals surface area contributed by atoms with Crippen molar-refractivity contribution >= 4 is 17.6 Å². The van der Waals surface area contributed by atoms with Crippen molar-refractivity contribution in [3.63, 3.8) is 0 Å². The summed E-state index contributed by atoms with van der Waals surface area (Å²) in [7, 11) is 3.00. The number of benzene rings is 1. The predicted octanol–water partition coefficient (Wildman–Crippen LogP) is 3.07. The van der Waals surface area contributed by atoms with Crippen molar-refractivity contribution in [1.82, 2.24) is 24.8 Å². The summed E-state index contributed by atoms with van der Waals surface area (Å²) in [6, 6.07) is 5.62. The summed E-state index contributed by atoms with van der Waals surface area (Å²) in [6.07, 6.45) is 3.18. The zero-order chi connectivity index (χ0) is 24.2. The fourth-order valence-electron chi connectivity index (χ4n) is 3.31. The number of methoxy groups -OCH3 is 2. The molecular formula is C22H26ClN5O5. The molecule has 0 radical (unpaired) electrons. The van der Waals surface area contributed by atoms with Crippen LogP contribution in [0.4, 0.5) is 0 Å². The lowest BCUT2D eigenvalue weighted by molar-refractivity contribution is -0.159. The molecule has 0 spiro atoms. The minimum absolute atomic E-state index is 0.251. The lowest BCUT2D eigenvalue weighted by Crippen LogP contribution is -2.35. The highest BCUT2D eigenvalue weighted by atomic mass is 35.5. The number of esters is 1. The van der Waals surface area contributed by atoms with E-state index in [2.05, 4.69) is 15.5 Å². The van der Waals surface area contributed by atoms with Crippen LogP contribution in [0.1, 0.15) is 33.2 Å². The summed E-state index contributed by atoms with van der Waals surface area (Å²) >= 11 is 6.25. The van der Waals surface area contributed by atoms with Gasteiger partial charge in [-0.25, -0.2) is 4.79 Å². The third-order valence-corrected chi connectivity index (χ3v) is 4.95. The first kappa shape index (κ1) is 24.4. The molecule has 0 saturated heterocycles. The summed E-state index contributed by atoms with van der Waals surface area (Å²) < 4.78 is 19.0. The van der Waals surface area contributed by atoms with E-state index in [9.17, 15) is 9.59 Å². The predicted molar refractivity (Wildman–Crippen MR) is 122 cm³/mol. The highest BCUT2D eigenvalue weighted by Crippen LogP contribution is 2.35. The molecule has 0 aliphatic heterocycles. The van der Waals surface area contributed by atoms with Gasteiger partial charge in [-0.3, -0.25) is 9.36 Å². The number of tetrazole rings is 1. The van der Waals surface area contributed by atoms with Crippen LogP contribution >= 0.6 is 11.6 Å². The van der Waals surface area contributed by atoms with Crippen molar-refractivity contribution in [2.75, 3.05) is 20.8 Å². The van der Waals surface area contributed by atoms with Gasteiger partial charge in [-0.05, 0) is 49.4 Å². The van der Waals surface area contributed by atoms with E-state index in [0.29, 0.717) is 27.6 Å². The summed E-state index contributed by atoms with van der Waals surface area (Å²) in [5, 5.41) is 11.7. The van der Waals surface area contributed by atoms with Gasteiger partial charge in [0.1, 0.15) is 23.7 Å². The highest BCUT2D eigenvalue weighted by molar-refractivity contribution is 6.31. The fourth-order valence-corrected chi connectivity index (χ4v) is 3.48. The van der Waals surface area contributed by atoms with E-state index in [-0.39, 0.29) is 13.0 Å². The average molecular weight is 476 g/mol. The van der Waals surface area contributed by atoms with Gasteiger partial charge in [0.2, 0.25) is 0 Å². The Bertz CT molecular complexity index is 1170. The second kappa shape index (κ2) is 10.1. The van der Waals surface area contributed by atoms with Gasteiger partial charge in [0.15, 0.2) is 0 Å². The monoisotopic (exact) mass is 475 g/mol. The second-order valence-electron chi connectivity index (χ2n) is 8.25. The zero-order valence-electron chi connectivity index (χ0n) is 19.1. The number of carbonyl (C=O) groups is 1. The van der Waals surface area contributed by atoms with Crippen LogP contribution in [-0.2, 0) is 14.3 Å². The minimum atomic E-state index is -0.891. The molecule has 2 heterocycles. The van der Waals surface area contributed by atoms with Crippen molar-refractivity contribution < 1.29 is 19.0 Å². The highest BCUT2D eigenvalue weighted by Gasteiger charge is 2.28. The molecule has 0 aliphatic rings. The van der Waals surface area contributed by atoms with Crippen LogP contribution in [0, 0.1) is 0 Å². The van der Waals surface area contributed by atoms with E-state index in [4.69, 9.17) is 25.8 Å². The van der Waals surface area contributed by atoms with E-state index in [1.54, 1.807) is 39.0 Å². The van der Waals surface area contributed by atoms with Crippen molar-refractivity contribution in [1.29, 1.82) is 0 Å². The van der Waals surface area contributed by atoms with Crippen LogP contribution in [0.3, 0.4) is 0 Å². The lowest BCUT2D eigenvalue weighted by atomic mass is 10.0. The van der Waals surface area contributed by atoms with Gasteiger partial charge >= 0.3 is 5.97 Å². The quantitative estimate of drug-likeness (QED) is 0.457. The molecule has 33 heavy (non-hydrogen) atoms. The van der Waals surface area contributed by atoms with E-state index in [1.165, 1.54) is 42.1 Å². The van der Waals surface area contributed by atoms with Crippen molar-refractivity contribution in [2.24, 2.45) is 0 Å². The minimum Gasteiger partial charge on any atom is -0.495 e. The molecule has 3 aromatic rings. The number of carbonyl (C=O) groups excluding carboxylic acids is 1. The molecule has 1 unspecified atom stereocenters. The summed E-state index contributed by atoms with van der Waals surface area (Å²) in [6.45, 7) is 5.57. The molecule has 0 N–H and O–H groups in total. The van der Waals surface area contributed by atoms with Gasteiger partial charge in [0.25, 0.3) is 5.56 Å². The Labute approximate surface area is 196 Å². The maximum atomic E-state index is 13.2. The van der Waals surface area contributed by atoms with Crippen LogP contribution in [0.15, 0.2) is 41.6 Å². The van der Waals surface area contributed by atoms with Gasteiger partial charge < -0.3 is 14.2 Å². The Morgan fingerprint density at radius 3 is 2.55 bits per heavy atom. The Morgan fingerprint density at radius 2 is 1.94 bits per heavy atom. The molecule has 0 amide bonds. The van der Waals surface area contributed by atoms with Crippen LogP contribution in [0.25, 0.3) is 16.8 Å². The number of hydrogen-bond donors (Lipinski definition) is 0. The number of nitrogens with zero attached hydrogens (tertiary/aromatic N) is 5. The van der Waals surface area contributed by atoms with Gasteiger partial charge in [-0.2, -0.15) is 4.68 Å².